The van der Waals surface area contributed by atoms with Crippen molar-refractivity contribution < 1.29 is 19.1 Å². The van der Waals surface area contributed by atoms with E-state index in [1.165, 1.54) is 16.7 Å². The van der Waals surface area contributed by atoms with E-state index < -0.39 is 12.0 Å². The van der Waals surface area contributed by atoms with Gasteiger partial charge in [0.1, 0.15) is 10.1 Å². The van der Waals surface area contributed by atoms with Gasteiger partial charge in [0.2, 0.25) is 0 Å². The summed E-state index contributed by atoms with van der Waals surface area (Å²) in [7, 11) is 0. The number of thiocarbonyl (C=S) groups is 1. The zero-order valence-corrected chi connectivity index (χ0v) is 18.5. The number of hydrogen-bond donors (Lipinski definition) is 0. The molecule has 3 rings (SSSR count). The second-order valence-corrected chi connectivity index (χ2v) is 8.21. The van der Waals surface area contributed by atoms with Crippen LogP contribution in [0.4, 0.5) is 0 Å². The van der Waals surface area contributed by atoms with Gasteiger partial charge in [-0.25, -0.2) is 4.79 Å². The van der Waals surface area contributed by atoms with Crippen LogP contribution in [0.3, 0.4) is 0 Å². The Balaban J connectivity index is 1.86. The van der Waals surface area contributed by atoms with Gasteiger partial charge in [-0.2, -0.15) is 0 Å². The lowest BCUT2D eigenvalue weighted by Gasteiger charge is -2.25. The van der Waals surface area contributed by atoms with Crippen LogP contribution in [-0.2, 0) is 14.3 Å². The molecule has 1 heterocycles. The Kier molecular flexibility index (Phi) is 7.65. The average molecular weight is 442 g/mol. The van der Waals surface area contributed by atoms with Crippen molar-refractivity contribution in [2.75, 3.05) is 13.2 Å². The Bertz CT molecular complexity index is 941. The van der Waals surface area contributed by atoms with Gasteiger partial charge in [-0.1, -0.05) is 73.4 Å². The maximum atomic E-state index is 13.2. The Morgan fingerprint density at radius 1 is 1.13 bits per heavy atom. The van der Waals surface area contributed by atoms with Gasteiger partial charge in [0.25, 0.3) is 5.91 Å². The molecule has 30 heavy (non-hydrogen) atoms. The molecule has 156 valence electrons. The summed E-state index contributed by atoms with van der Waals surface area (Å²) in [5, 5.41) is 0. The third kappa shape index (κ3) is 5.09. The molecule has 0 radical (unpaired) electrons. The third-order valence-corrected chi connectivity index (χ3v) is 5.69. The number of amides is 1. The molecule has 2 aromatic carbocycles. The molecule has 5 nitrogen and oxygen atoms in total. The maximum absolute atomic E-state index is 13.2. The van der Waals surface area contributed by atoms with Gasteiger partial charge in [-0.15, -0.1) is 0 Å². The molecule has 1 unspecified atom stereocenters. The van der Waals surface area contributed by atoms with E-state index in [1.54, 1.807) is 25.1 Å². The normalized spacial score (nSPS) is 16.1. The van der Waals surface area contributed by atoms with Gasteiger partial charge in [-0.3, -0.25) is 9.69 Å². The van der Waals surface area contributed by atoms with Crippen molar-refractivity contribution in [2.45, 2.75) is 26.3 Å². The Labute approximate surface area is 186 Å². The van der Waals surface area contributed by atoms with Crippen LogP contribution < -0.4 is 4.74 Å². The van der Waals surface area contributed by atoms with Crippen LogP contribution in [0.5, 0.6) is 5.75 Å². The van der Waals surface area contributed by atoms with Crippen LogP contribution >= 0.6 is 24.0 Å². The van der Waals surface area contributed by atoms with Crippen molar-refractivity contribution in [3.63, 3.8) is 0 Å². The number of hydrogen-bond acceptors (Lipinski definition) is 6. The molecule has 1 aliphatic heterocycles. The Morgan fingerprint density at radius 2 is 1.83 bits per heavy atom. The van der Waals surface area contributed by atoms with E-state index in [0.29, 0.717) is 21.4 Å². The predicted molar refractivity (Wildman–Crippen MR) is 123 cm³/mol. The van der Waals surface area contributed by atoms with Crippen molar-refractivity contribution >= 4 is 46.3 Å². The largest absolute Gasteiger partial charge is 0.494 e. The number of carbonyl (C=O) groups excluding carboxylic acids is 2. The smallest absolute Gasteiger partial charge is 0.333 e. The highest BCUT2D eigenvalue weighted by Crippen LogP contribution is 2.38. The molecule has 0 saturated carbocycles. The fourth-order valence-electron chi connectivity index (χ4n) is 2.98. The summed E-state index contributed by atoms with van der Waals surface area (Å²) < 4.78 is 11.2. The predicted octanol–water partition coefficient (Wildman–Crippen LogP) is 4.98. The first-order chi connectivity index (χ1) is 14.5. The van der Waals surface area contributed by atoms with Crippen molar-refractivity contribution in [3.8, 4) is 5.75 Å². The molecule has 0 aliphatic carbocycles. The number of thioether (sulfide) groups is 1. The minimum Gasteiger partial charge on any atom is -0.494 e. The molecular weight excluding hydrogens is 418 g/mol. The van der Waals surface area contributed by atoms with Crippen molar-refractivity contribution in [3.05, 3.63) is 70.6 Å². The first-order valence-electron chi connectivity index (χ1n) is 9.76. The monoisotopic (exact) mass is 441 g/mol. The van der Waals surface area contributed by atoms with Gasteiger partial charge in [0, 0.05) is 0 Å². The van der Waals surface area contributed by atoms with Crippen molar-refractivity contribution in [2.24, 2.45) is 0 Å². The van der Waals surface area contributed by atoms with Crippen LogP contribution in [0.15, 0.2) is 59.5 Å². The maximum Gasteiger partial charge on any atom is 0.333 e. The van der Waals surface area contributed by atoms with E-state index in [4.69, 9.17) is 21.7 Å². The van der Waals surface area contributed by atoms with Crippen LogP contribution in [-0.4, -0.2) is 34.3 Å². The number of rotatable bonds is 8. The van der Waals surface area contributed by atoms with Gasteiger partial charge in [-0.05, 0) is 42.7 Å². The second kappa shape index (κ2) is 10.4. The standard InChI is InChI=1S/C23H23NO4S2/c1-3-14-28-18-12-10-16(11-13-18)15-19-21(25)24(23(29)30-19)20(22(26)27-4-2)17-8-6-5-7-9-17/h5-13,15,20H,3-4,14H2,1-2H3/b19-15-. The zero-order valence-electron chi connectivity index (χ0n) is 16.9. The van der Waals surface area contributed by atoms with E-state index in [9.17, 15) is 9.59 Å². The SMILES string of the molecule is CCCOc1ccc(/C=C2\SC(=S)N(C(C(=O)OCC)c3ccccc3)C2=O)cc1. The number of benzene rings is 2. The summed E-state index contributed by atoms with van der Waals surface area (Å²) in [6.45, 7) is 4.67. The number of esters is 1. The minimum absolute atomic E-state index is 0.221. The van der Waals surface area contributed by atoms with E-state index in [2.05, 4.69) is 6.92 Å². The van der Waals surface area contributed by atoms with Crippen molar-refractivity contribution in [1.29, 1.82) is 0 Å². The summed E-state index contributed by atoms with van der Waals surface area (Å²) >= 11 is 6.64. The molecule has 2 aromatic rings. The molecule has 0 spiro atoms. The summed E-state index contributed by atoms with van der Waals surface area (Å²) in [4.78, 5) is 27.7. The third-order valence-electron chi connectivity index (χ3n) is 4.36. The highest BCUT2D eigenvalue weighted by Gasteiger charge is 2.42. The molecule has 1 amide bonds. The molecule has 7 heteroatoms. The molecule has 1 atom stereocenters. The molecule has 0 bridgehead atoms. The molecule has 0 N–H and O–H groups in total. The molecule has 1 aliphatic rings. The highest BCUT2D eigenvalue weighted by molar-refractivity contribution is 8.26. The van der Waals surface area contributed by atoms with Crippen LogP contribution in [0.1, 0.15) is 37.4 Å². The average Bonchev–Trinajstić information content (AvgIpc) is 3.02. The Morgan fingerprint density at radius 3 is 2.47 bits per heavy atom. The molecule has 0 aromatic heterocycles. The first kappa shape index (κ1) is 22.1. The van der Waals surface area contributed by atoms with Crippen LogP contribution in [0.2, 0.25) is 0 Å². The molecular formula is C23H23NO4S2. The lowest BCUT2D eigenvalue weighted by Crippen LogP contribution is -2.38. The Hall–Kier alpha value is -2.64. The van der Waals surface area contributed by atoms with Gasteiger partial charge in [0.05, 0.1) is 18.1 Å². The van der Waals surface area contributed by atoms with E-state index in [-0.39, 0.29) is 12.5 Å². The van der Waals surface area contributed by atoms with E-state index in [1.807, 2.05) is 42.5 Å². The van der Waals surface area contributed by atoms with Gasteiger partial charge in [0.15, 0.2) is 6.04 Å². The number of nitrogens with zero attached hydrogens (tertiary/aromatic N) is 1. The topological polar surface area (TPSA) is 55.8 Å². The fraction of sp³-hybridized carbons (Fsp3) is 0.261. The second-order valence-electron chi connectivity index (χ2n) is 6.53. The van der Waals surface area contributed by atoms with Gasteiger partial charge >= 0.3 is 5.97 Å². The summed E-state index contributed by atoms with van der Waals surface area (Å²) in [6, 6.07) is 15.7. The van der Waals surface area contributed by atoms with Gasteiger partial charge < -0.3 is 9.47 Å². The lowest BCUT2D eigenvalue weighted by molar-refractivity contribution is -0.151. The highest BCUT2D eigenvalue weighted by atomic mass is 32.2. The summed E-state index contributed by atoms with van der Waals surface area (Å²) in [5.74, 6) is -0.0232. The minimum atomic E-state index is -0.908. The zero-order chi connectivity index (χ0) is 21.5. The lowest BCUT2D eigenvalue weighted by atomic mass is 10.1. The first-order valence-corrected chi connectivity index (χ1v) is 11.0. The number of ether oxygens (including phenoxy) is 2. The quantitative estimate of drug-likeness (QED) is 0.327. The van der Waals surface area contributed by atoms with Crippen molar-refractivity contribution in [1.82, 2.24) is 4.90 Å². The fourth-order valence-corrected chi connectivity index (χ4v) is 4.29. The summed E-state index contributed by atoms with van der Waals surface area (Å²) in [5.41, 5.74) is 1.51. The summed E-state index contributed by atoms with van der Waals surface area (Å²) in [6.07, 6.45) is 2.71. The van der Waals surface area contributed by atoms with Crippen LogP contribution in [0.25, 0.3) is 6.08 Å². The van der Waals surface area contributed by atoms with E-state index in [0.717, 1.165) is 17.7 Å². The van der Waals surface area contributed by atoms with E-state index >= 15 is 0 Å². The number of carbonyl (C=O) groups is 2. The molecule has 1 fully saturated rings. The molecule has 1 saturated heterocycles. The van der Waals surface area contributed by atoms with Crippen LogP contribution in [0, 0.1) is 0 Å².